The zero-order chi connectivity index (χ0) is 14.8. The van der Waals surface area contributed by atoms with Gasteiger partial charge in [0.05, 0.1) is 5.02 Å². The van der Waals surface area contributed by atoms with Gasteiger partial charge in [0.15, 0.2) is 0 Å². The first kappa shape index (κ1) is 15.8. The van der Waals surface area contributed by atoms with Crippen molar-refractivity contribution in [2.75, 3.05) is 32.7 Å². The van der Waals surface area contributed by atoms with Crippen molar-refractivity contribution in [3.63, 3.8) is 0 Å². The molecule has 5 heteroatoms. The first-order valence-electron chi connectivity index (χ1n) is 7.82. The lowest BCUT2D eigenvalue weighted by molar-refractivity contribution is 0.176. The van der Waals surface area contributed by atoms with Gasteiger partial charge in [0, 0.05) is 36.2 Å². The predicted molar refractivity (Wildman–Crippen MR) is 91.7 cm³/mol. The zero-order valence-corrected chi connectivity index (χ0v) is 14.6. The Labute approximate surface area is 140 Å². The highest BCUT2D eigenvalue weighted by Crippen LogP contribution is 2.31. The van der Waals surface area contributed by atoms with Crippen LogP contribution in [0, 0.1) is 0 Å². The third kappa shape index (κ3) is 3.45. The Hall–Kier alpha value is -0.130. The Morgan fingerprint density at radius 2 is 2.10 bits per heavy atom. The number of rotatable bonds is 3. The second-order valence-corrected chi connectivity index (χ2v) is 7.37. The fourth-order valence-electron chi connectivity index (χ4n) is 3.73. The van der Waals surface area contributed by atoms with Crippen LogP contribution >= 0.6 is 27.5 Å². The van der Waals surface area contributed by atoms with E-state index in [-0.39, 0.29) is 0 Å². The molecule has 2 fully saturated rings. The molecule has 116 valence electrons. The van der Waals surface area contributed by atoms with Crippen molar-refractivity contribution in [1.82, 2.24) is 9.80 Å². The molecule has 2 aliphatic heterocycles. The van der Waals surface area contributed by atoms with Crippen molar-refractivity contribution in [2.24, 2.45) is 5.73 Å². The van der Waals surface area contributed by atoms with E-state index in [1.165, 1.54) is 37.9 Å². The summed E-state index contributed by atoms with van der Waals surface area (Å²) in [5.41, 5.74) is 7.37. The number of benzene rings is 1. The lowest BCUT2D eigenvalue weighted by Gasteiger charge is -2.32. The molecule has 0 radical (unpaired) electrons. The van der Waals surface area contributed by atoms with E-state index in [0.717, 1.165) is 28.6 Å². The molecule has 0 amide bonds. The summed E-state index contributed by atoms with van der Waals surface area (Å²) in [4.78, 5) is 5.23. The topological polar surface area (TPSA) is 32.5 Å². The van der Waals surface area contributed by atoms with Gasteiger partial charge in [-0.2, -0.15) is 0 Å². The van der Waals surface area contributed by atoms with Crippen molar-refractivity contribution >= 4 is 27.5 Å². The summed E-state index contributed by atoms with van der Waals surface area (Å²) in [6.07, 6.45) is 3.91. The highest BCUT2D eigenvalue weighted by molar-refractivity contribution is 9.10. The maximum Gasteiger partial charge on any atom is 0.0548 e. The smallest absolute Gasteiger partial charge is 0.0548 e. The summed E-state index contributed by atoms with van der Waals surface area (Å²) in [5, 5.41) is 0.757. The molecule has 21 heavy (non-hydrogen) atoms. The Bertz CT molecular complexity index is 496. The van der Waals surface area contributed by atoms with E-state index in [4.69, 9.17) is 17.3 Å². The maximum absolute atomic E-state index is 6.12. The number of hydrogen-bond acceptors (Lipinski definition) is 3. The third-order valence-electron chi connectivity index (χ3n) is 4.83. The van der Waals surface area contributed by atoms with Gasteiger partial charge >= 0.3 is 0 Å². The molecule has 2 atom stereocenters. The summed E-state index contributed by atoms with van der Waals surface area (Å²) in [6, 6.07) is 7.21. The van der Waals surface area contributed by atoms with Crippen molar-refractivity contribution < 1.29 is 0 Å². The normalized spacial score (nSPS) is 25.6. The summed E-state index contributed by atoms with van der Waals surface area (Å²) < 4.78 is 0.956. The summed E-state index contributed by atoms with van der Waals surface area (Å²) in [5.74, 6) is 0. The first-order valence-corrected chi connectivity index (χ1v) is 8.99. The lowest BCUT2D eigenvalue weighted by Crippen LogP contribution is -2.40. The first-order chi connectivity index (χ1) is 10.2. The van der Waals surface area contributed by atoms with Crippen LogP contribution < -0.4 is 5.73 Å². The van der Waals surface area contributed by atoms with E-state index < -0.39 is 0 Å². The molecule has 1 aromatic carbocycles. The monoisotopic (exact) mass is 371 g/mol. The number of nitrogens with zero attached hydrogens (tertiary/aromatic N) is 2. The maximum atomic E-state index is 6.12. The minimum Gasteiger partial charge on any atom is -0.329 e. The molecule has 3 nitrogen and oxygen atoms in total. The lowest BCUT2D eigenvalue weighted by atomic mass is 10.0. The average molecular weight is 373 g/mol. The van der Waals surface area contributed by atoms with Crippen LogP contribution in [0.15, 0.2) is 22.7 Å². The van der Waals surface area contributed by atoms with Crippen molar-refractivity contribution in [2.45, 2.75) is 31.3 Å². The fourth-order valence-corrected chi connectivity index (χ4v) is 4.25. The molecule has 0 spiro atoms. The highest BCUT2D eigenvalue weighted by atomic mass is 79.9. The van der Waals surface area contributed by atoms with Gasteiger partial charge in [-0.15, -0.1) is 0 Å². The Kier molecular flexibility index (Phi) is 5.23. The zero-order valence-electron chi connectivity index (χ0n) is 12.3. The van der Waals surface area contributed by atoms with Crippen LogP contribution in [0.3, 0.4) is 0 Å². The van der Waals surface area contributed by atoms with E-state index in [1.807, 2.05) is 6.07 Å². The van der Waals surface area contributed by atoms with Gasteiger partial charge in [-0.05, 0) is 66.0 Å². The molecule has 2 N–H and O–H groups in total. The van der Waals surface area contributed by atoms with Crippen molar-refractivity contribution in [1.29, 1.82) is 0 Å². The second kappa shape index (κ2) is 6.97. The van der Waals surface area contributed by atoms with Crippen molar-refractivity contribution in [3.8, 4) is 0 Å². The fraction of sp³-hybridized carbons (Fsp3) is 0.625. The number of hydrogen-bond donors (Lipinski definition) is 1. The Balaban J connectivity index is 1.79. The number of nitrogens with two attached hydrogens (primary N) is 1. The van der Waals surface area contributed by atoms with E-state index >= 15 is 0 Å². The second-order valence-electron chi connectivity index (χ2n) is 6.11. The Morgan fingerprint density at radius 1 is 1.29 bits per heavy atom. The molecular formula is C16H23BrClN3. The molecule has 3 rings (SSSR count). The summed E-state index contributed by atoms with van der Waals surface area (Å²) in [6.45, 7) is 5.44. The largest absolute Gasteiger partial charge is 0.329 e. The number of halogens is 2. The van der Waals surface area contributed by atoms with Gasteiger partial charge in [-0.3, -0.25) is 9.80 Å². The van der Waals surface area contributed by atoms with Gasteiger partial charge in [0.1, 0.15) is 0 Å². The van der Waals surface area contributed by atoms with Crippen LogP contribution in [0.1, 0.15) is 30.9 Å². The van der Waals surface area contributed by atoms with Crippen LogP contribution in [0.5, 0.6) is 0 Å². The quantitative estimate of drug-likeness (QED) is 0.884. The molecule has 0 aliphatic carbocycles. The standard InChI is InChI=1S/C16H23BrClN3/c17-14-9-12(4-5-15(14)18)16(10-19)21-8-2-7-20-6-1-3-13(20)11-21/h4-5,9,13,16H,1-3,6-8,10-11,19H2. The minimum atomic E-state index is 0.291. The van der Waals surface area contributed by atoms with Crippen LogP contribution in [-0.2, 0) is 0 Å². The molecular weight excluding hydrogens is 350 g/mol. The minimum absolute atomic E-state index is 0.291. The third-order valence-corrected chi connectivity index (χ3v) is 6.04. The van der Waals surface area contributed by atoms with E-state index in [0.29, 0.717) is 12.6 Å². The highest BCUT2D eigenvalue weighted by Gasteiger charge is 2.31. The van der Waals surface area contributed by atoms with E-state index in [2.05, 4.69) is 37.9 Å². The molecule has 2 unspecified atom stereocenters. The summed E-state index contributed by atoms with van der Waals surface area (Å²) in [7, 11) is 0. The van der Waals surface area contributed by atoms with Gasteiger partial charge in [0.2, 0.25) is 0 Å². The molecule has 2 aliphatic rings. The van der Waals surface area contributed by atoms with Crippen LogP contribution in [0.4, 0.5) is 0 Å². The van der Waals surface area contributed by atoms with Gasteiger partial charge < -0.3 is 5.73 Å². The molecule has 2 saturated heterocycles. The predicted octanol–water partition coefficient (Wildman–Crippen LogP) is 3.27. The number of fused-ring (bicyclic) bond motifs is 1. The average Bonchev–Trinajstić information content (AvgIpc) is 2.82. The molecule has 0 saturated carbocycles. The van der Waals surface area contributed by atoms with Gasteiger partial charge in [-0.25, -0.2) is 0 Å². The molecule has 2 heterocycles. The van der Waals surface area contributed by atoms with E-state index in [1.54, 1.807) is 0 Å². The molecule has 0 bridgehead atoms. The van der Waals surface area contributed by atoms with E-state index in [9.17, 15) is 0 Å². The van der Waals surface area contributed by atoms with Crippen LogP contribution in [-0.4, -0.2) is 48.6 Å². The summed E-state index contributed by atoms with van der Waals surface area (Å²) >= 11 is 9.64. The van der Waals surface area contributed by atoms with Crippen LogP contribution in [0.2, 0.25) is 5.02 Å². The van der Waals surface area contributed by atoms with Gasteiger partial charge in [0.25, 0.3) is 0 Å². The van der Waals surface area contributed by atoms with Crippen LogP contribution in [0.25, 0.3) is 0 Å². The molecule has 0 aromatic heterocycles. The SMILES string of the molecule is NCC(c1ccc(Cl)c(Br)c1)N1CCCN2CCCC2C1. The Morgan fingerprint density at radius 3 is 2.86 bits per heavy atom. The van der Waals surface area contributed by atoms with Crippen molar-refractivity contribution in [3.05, 3.63) is 33.3 Å². The van der Waals surface area contributed by atoms with Gasteiger partial charge in [-0.1, -0.05) is 17.7 Å². The molecule has 1 aromatic rings.